The van der Waals surface area contributed by atoms with E-state index in [-0.39, 0.29) is 49.5 Å². The number of rotatable bonds is 29. The third kappa shape index (κ3) is 15.7. The number of primary amides is 1. The first-order chi connectivity index (χ1) is 33.4. The molecular weight excluding hydrogens is 1070 g/mol. The molecule has 7 amide bonds. The molecule has 70 heavy (non-hydrogen) atoms. The minimum atomic E-state index is -1.57. The molecule has 0 aromatic heterocycles. The van der Waals surface area contributed by atoms with Crippen LogP contribution in [0.1, 0.15) is 127 Å². The zero-order chi connectivity index (χ0) is 51.0. The number of aliphatic hydroxyl groups is 1. The first kappa shape index (κ1) is 56.8. The number of carbonyl (C=O) groups is 7. The van der Waals surface area contributed by atoms with Crippen molar-refractivity contribution in [3.63, 3.8) is 0 Å². The van der Waals surface area contributed by atoms with Crippen LogP contribution in [0, 0.1) is 20.8 Å². The molecule has 2 bridgehead atoms. The molecule has 20 heteroatoms. The van der Waals surface area contributed by atoms with Gasteiger partial charge in [0.1, 0.15) is 24.2 Å². The highest BCUT2D eigenvalue weighted by Gasteiger charge is 2.68. The van der Waals surface area contributed by atoms with Crippen LogP contribution < -0.4 is 37.6 Å². The van der Waals surface area contributed by atoms with E-state index in [1.54, 1.807) is 36.4 Å². The van der Waals surface area contributed by atoms with Crippen LogP contribution in [0.3, 0.4) is 0 Å². The summed E-state index contributed by atoms with van der Waals surface area (Å²) in [6.07, 6.45) is 6.13. The first-order valence-corrected chi connectivity index (χ1v) is 27.0. The van der Waals surface area contributed by atoms with Gasteiger partial charge in [-0.05, 0) is 128 Å². The van der Waals surface area contributed by atoms with Crippen molar-refractivity contribution in [3.8, 4) is 0 Å². The molecule has 4 fully saturated rings. The molecule has 0 spiro atoms. The maximum atomic E-state index is 14.2. The molecule has 2 aromatic carbocycles. The Morgan fingerprint density at radius 3 is 2.06 bits per heavy atom. The molecule has 17 nitrogen and oxygen atoms in total. The van der Waals surface area contributed by atoms with Crippen molar-refractivity contribution in [2.45, 2.75) is 159 Å². The van der Waals surface area contributed by atoms with Crippen LogP contribution in [-0.2, 0) is 44.5 Å². The first-order valence-electron chi connectivity index (χ1n) is 24.8. The maximum Gasteiger partial charge on any atom is 0.481 e. The summed E-state index contributed by atoms with van der Waals surface area (Å²) in [6.45, 7) is 8.20. The molecule has 9 atom stereocenters. The van der Waals surface area contributed by atoms with Crippen LogP contribution >= 0.6 is 38.5 Å². The highest BCUT2D eigenvalue weighted by molar-refractivity contribution is 14.1. The van der Waals surface area contributed by atoms with E-state index in [0.717, 1.165) is 34.8 Å². The second-order valence-corrected chi connectivity index (χ2v) is 21.7. The standard InChI is InChI=1S/C50H72BBrIN7O10/c1-5-6-16-35(46(66)60-41(17-13-25-52)51-69-40-29-33-28-39(49(33,2)3)50(40,4)70-51)57-45(65)36(23-24-42(54)62)58-48(68)38(30-61)59-47(67)37(27-31-14-9-7-10-15-31)56-43(63)18-11-8-12-26-55-44(64)32-19-21-34(53)22-20-32/h7,9-10,14-15,19-22,33,35-41,61H,5-6,8,11-13,16-18,23-30H2,1-4H3,(H2,54,62)(H,55,64)(H,56,63)(H,57,65)(H,58,68)(H,59,67)(H,60,66)/t33-,35+,36+,37+,38+,39-,40-,41-,50+/m1/s1/i53-2. The molecule has 1 saturated heterocycles. The monoisotopic (exact) mass is 1150 g/mol. The third-order valence-corrected chi connectivity index (χ3v) is 15.6. The summed E-state index contributed by atoms with van der Waals surface area (Å²) >= 11 is 5.68. The van der Waals surface area contributed by atoms with Gasteiger partial charge in [0.25, 0.3) is 5.91 Å². The number of carbonyl (C=O) groups excluding carboxylic acids is 7. The van der Waals surface area contributed by atoms with E-state index in [9.17, 15) is 38.7 Å². The summed E-state index contributed by atoms with van der Waals surface area (Å²) in [7, 11) is -0.689. The lowest BCUT2D eigenvalue weighted by Gasteiger charge is -2.64. The number of benzene rings is 2. The van der Waals surface area contributed by atoms with Crippen molar-refractivity contribution in [2.24, 2.45) is 23.0 Å². The molecule has 384 valence electrons. The summed E-state index contributed by atoms with van der Waals surface area (Å²) in [4.78, 5) is 93.5. The molecule has 3 saturated carbocycles. The molecule has 9 N–H and O–H groups in total. The molecule has 1 heterocycles. The Kier molecular flexibility index (Phi) is 22.0. The number of unbranched alkanes of at least 4 members (excludes halogenated alkanes) is 3. The van der Waals surface area contributed by atoms with Gasteiger partial charge in [-0.1, -0.05) is 86.3 Å². The van der Waals surface area contributed by atoms with E-state index in [2.05, 4.69) is 91.2 Å². The van der Waals surface area contributed by atoms with Crippen LogP contribution in [-0.4, -0.2) is 114 Å². The smallest absolute Gasteiger partial charge is 0.404 e. The second-order valence-electron chi connectivity index (χ2n) is 19.7. The summed E-state index contributed by atoms with van der Waals surface area (Å²) in [5.41, 5.74) is 6.41. The highest BCUT2D eigenvalue weighted by atomic mass is 125. The van der Waals surface area contributed by atoms with Crippen LogP contribution in [0.4, 0.5) is 0 Å². The van der Waals surface area contributed by atoms with Gasteiger partial charge >= 0.3 is 7.12 Å². The Labute approximate surface area is 434 Å². The fourth-order valence-electron chi connectivity index (χ4n) is 9.99. The van der Waals surface area contributed by atoms with E-state index in [0.29, 0.717) is 61.4 Å². The van der Waals surface area contributed by atoms with Gasteiger partial charge in [0.2, 0.25) is 35.4 Å². The number of aliphatic hydroxyl groups excluding tert-OH is 1. The zero-order valence-electron chi connectivity index (χ0n) is 40.9. The van der Waals surface area contributed by atoms with Crippen molar-refractivity contribution < 1.29 is 48.0 Å². The van der Waals surface area contributed by atoms with Gasteiger partial charge < -0.3 is 52.0 Å². The van der Waals surface area contributed by atoms with E-state index in [1.807, 2.05) is 25.1 Å². The molecule has 0 radical (unpaired) electrons. The number of nitrogens with one attached hydrogen (secondary N) is 6. The third-order valence-electron chi connectivity index (χ3n) is 14.3. The molecule has 0 unspecified atom stereocenters. The number of halogens is 2. The van der Waals surface area contributed by atoms with E-state index >= 15 is 0 Å². The Balaban J connectivity index is 1.19. The fraction of sp³-hybridized carbons (Fsp3) is 0.620. The minimum Gasteiger partial charge on any atom is -0.404 e. The van der Waals surface area contributed by atoms with Crippen molar-refractivity contribution in [1.82, 2.24) is 31.9 Å². The van der Waals surface area contributed by atoms with Gasteiger partial charge in [0.05, 0.1) is 24.3 Å². The number of amides is 7. The molecule has 6 rings (SSSR count). The summed E-state index contributed by atoms with van der Waals surface area (Å²) in [5, 5.41) is 27.7. The summed E-state index contributed by atoms with van der Waals surface area (Å²) in [6, 6.07) is 11.1. The average molecular weight is 1150 g/mol. The predicted molar refractivity (Wildman–Crippen MR) is 278 cm³/mol. The lowest BCUT2D eigenvalue weighted by atomic mass is 9.43. The minimum absolute atomic E-state index is 0.0721. The number of alkyl halides is 1. The lowest BCUT2D eigenvalue weighted by molar-refractivity contribution is -0.199. The van der Waals surface area contributed by atoms with Crippen LogP contribution in [0.5, 0.6) is 0 Å². The Morgan fingerprint density at radius 2 is 1.41 bits per heavy atom. The predicted octanol–water partition coefficient (Wildman–Crippen LogP) is 4.14. The van der Waals surface area contributed by atoms with Crippen LogP contribution in [0.25, 0.3) is 0 Å². The quantitative estimate of drug-likeness (QED) is 0.0250. The highest BCUT2D eigenvalue weighted by Crippen LogP contribution is 2.65. The van der Waals surface area contributed by atoms with Gasteiger partial charge in [-0.15, -0.1) is 0 Å². The molecular formula is C50H72BBrIN7O10. The number of hydrogen-bond donors (Lipinski definition) is 8. The van der Waals surface area contributed by atoms with E-state index < -0.39 is 84.9 Å². The SMILES string of the molecule is CCCC[C@H](NC(=O)[C@H](CCC(N)=O)NC(=O)[C@H](CO)NC(=O)[C@H](Cc1ccccc1)NC(=O)CCCCCNC(=O)c1ccc([125I])cc1)C(=O)N[C@H](CCCBr)B1O[C@@H]2C[C@H]3C[C@H](C3(C)C)[C@]2(C)O1. The topological polar surface area (TPSA) is 256 Å². The summed E-state index contributed by atoms with van der Waals surface area (Å²) in [5.74, 6) is -3.86. The summed E-state index contributed by atoms with van der Waals surface area (Å²) < 4.78 is 14.3. The molecule has 1 aliphatic heterocycles. The average Bonchev–Trinajstić information content (AvgIpc) is 3.70. The van der Waals surface area contributed by atoms with Gasteiger partial charge in [0, 0.05) is 40.3 Å². The van der Waals surface area contributed by atoms with Gasteiger partial charge in [-0.25, -0.2) is 0 Å². The second kappa shape index (κ2) is 27.1. The van der Waals surface area contributed by atoms with Crippen molar-refractivity contribution in [1.29, 1.82) is 0 Å². The molecule has 3 aliphatic carbocycles. The molecule has 4 aliphatic rings. The Bertz CT molecular complexity index is 2110. The Morgan fingerprint density at radius 1 is 0.771 bits per heavy atom. The molecule has 2 aromatic rings. The van der Waals surface area contributed by atoms with E-state index in [4.69, 9.17) is 15.0 Å². The van der Waals surface area contributed by atoms with Gasteiger partial charge in [0.15, 0.2) is 0 Å². The Hall–Kier alpha value is -4.12. The van der Waals surface area contributed by atoms with Crippen molar-refractivity contribution in [2.75, 3.05) is 18.5 Å². The van der Waals surface area contributed by atoms with Gasteiger partial charge in [-0.2, -0.15) is 0 Å². The maximum absolute atomic E-state index is 14.2. The normalized spacial score (nSPS) is 21.9. The van der Waals surface area contributed by atoms with Crippen LogP contribution in [0.15, 0.2) is 54.6 Å². The fourth-order valence-corrected chi connectivity index (χ4v) is 10.7. The number of nitrogens with two attached hydrogens (primary N) is 1. The number of hydrogen-bond acceptors (Lipinski definition) is 10. The largest absolute Gasteiger partial charge is 0.481 e. The van der Waals surface area contributed by atoms with Crippen molar-refractivity contribution in [3.05, 3.63) is 69.3 Å². The lowest BCUT2D eigenvalue weighted by Crippen LogP contribution is -2.65. The van der Waals surface area contributed by atoms with E-state index in [1.165, 1.54) is 0 Å². The van der Waals surface area contributed by atoms with Gasteiger partial charge in [-0.3, -0.25) is 33.6 Å². The zero-order valence-corrected chi connectivity index (χ0v) is 44.6. The van der Waals surface area contributed by atoms with Crippen LogP contribution in [0.2, 0.25) is 0 Å². The van der Waals surface area contributed by atoms with Crippen molar-refractivity contribution >= 4 is 87.0 Å².